The summed E-state index contributed by atoms with van der Waals surface area (Å²) in [6.45, 7) is 3.23. The topological polar surface area (TPSA) is 161 Å². The fourth-order valence-corrected chi connectivity index (χ4v) is 4.84. The van der Waals surface area contributed by atoms with Gasteiger partial charge in [0.05, 0.1) is 34.6 Å². The Morgan fingerprint density at radius 1 is 1.22 bits per heavy atom. The molecule has 5 rings (SSSR count). The first-order chi connectivity index (χ1) is 17.4. The molecule has 0 spiro atoms. The maximum Gasteiger partial charge on any atom is 0.247 e. The van der Waals surface area contributed by atoms with Crippen molar-refractivity contribution in [3.8, 4) is 12.1 Å². The Morgan fingerprint density at radius 3 is 2.61 bits per heavy atom. The van der Waals surface area contributed by atoms with E-state index in [2.05, 4.69) is 42.7 Å². The quantitative estimate of drug-likeness (QED) is 0.439. The largest absolute Gasteiger partial charge is 0.368 e. The van der Waals surface area contributed by atoms with E-state index in [-0.39, 0.29) is 29.5 Å². The molecule has 12 heteroatoms. The molecule has 1 atom stereocenters. The average molecular weight is 505 g/mol. The van der Waals surface area contributed by atoms with Gasteiger partial charge < -0.3 is 16.4 Å². The average Bonchev–Trinajstić information content (AvgIpc) is 3.60. The normalized spacial score (nSPS) is 17.3. The zero-order chi connectivity index (χ0) is 25.4. The number of amides is 1. The summed E-state index contributed by atoms with van der Waals surface area (Å²) >= 11 is 6.86. The van der Waals surface area contributed by atoms with Crippen LogP contribution in [0.15, 0.2) is 18.3 Å². The summed E-state index contributed by atoms with van der Waals surface area (Å²) in [5.74, 6) is 0.542. The monoisotopic (exact) mass is 504 g/mol. The number of aromatic nitrogens is 4. The molecule has 2 fully saturated rings. The van der Waals surface area contributed by atoms with Gasteiger partial charge in [-0.3, -0.25) is 9.69 Å². The highest BCUT2D eigenvalue weighted by atomic mass is 35.5. The fraction of sp³-hybridized carbons (Fsp3) is 0.417. The molecule has 1 saturated heterocycles. The van der Waals surface area contributed by atoms with Gasteiger partial charge in [-0.25, -0.2) is 4.98 Å². The Bertz CT molecular complexity index is 1410. The second kappa shape index (κ2) is 9.61. The van der Waals surface area contributed by atoms with Crippen molar-refractivity contribution in [3.05, 3.63) is 40.2 Å². The number of piperidine rings is 1. The summed E-state index contributed by atoms with van der Waals surface area (Å²) in [5.41, 5.74) is 8.05. The zero-order valence-corrected chi connectivity index (χ0v) is 20.5. The predicted molar refractivity (Wildman–Crippen MR) is 134 cm³/mol. The van der Waals surface area contributed by atoms with Gasteiger partial charge in [0, 0.05) is 6.04 Å². The molecule has 1 aromatic carbocycles. The number of benzene rings is 1. The van der Waals surface area contributed by atoms with Gasteiger partial charge in [0.15, 0.2) is 17.2 Å². The third kappa shape index (κ3) is 4.63. The Balaban J connectivity index is 1.46. The highest BCUT2D eigenvalue weighted by molar-refractivity contribution is 6.34. The van der Waals surface area contributed by atoms with E-state index < -0.39 is 0 Å². The molecule has 0 radical (unpaired) electrons. The van der Waals surface area contributed by atoms with E-state index >= 15 is 0 Å². The molecule has 4 N–H and O–H groups in total. The minimum Gasteiger partial charge on any atom is -0.368 e. The van der Waals surface area contributed by atoms with Crippen LogP contribution in [-0.4, -0.2) is 55.6 Å². The molecule has 1 aliphatic carbocycles. The molecule has 11 nitrogen and oxygen atoms in total. The molecule has 3 aromatic rings. The molecule has 2 aromatic heterocycles. The van der Waals surface area contributed by atoms with E-state index in [1.165, 1.54) is 10.7 Å². The Labute approximate surface area is 212 Å². The van der Waals surface area contributed by atoms with E-state index in [0.717, 1.165) is 31.2 Å². The van der Waals surface area contributed by atoms with Crippen LogP contribution >= 0.6 is 11.6 Å². The molecule has 0 bridgehead atoms. The number of nitrogens with one attached hydrogen (secondary N) is 2. The van der Waals surface area contributed by atoms with Crippen molar-refractivity contribution in [2.75, 3.05) is 23.7 Å². The van der Waals surface area contributed by atoms with E-state index in [0.29, 0.717) is 46.9 Å². The molecular formula is C24H25ClN10O. The van der Waals surface area contributed by atoms with Gasteiger partial charge in [0.1, 0.15) is 6.07 Å². The molecule has 2 aliphatic rings. The van der Waals surface area contributed by atoms with E-state index in [1.54, 1.807) is 6.07 Å². The second-order valence-electron chi connectivity index (χ2n) is 9.25. The summed E-state index contributed by atoms with van der Waals surface area (Å²) < 4.78 is 1.44. The fourth-order valence-electron chi connectivity index (χ4n) is 4.53. The van der Waals surface area contributed by atoms with E-state index in [1.807, 2.05) is 13.0 Å². The highest BCUT2D eigenvalue weighted by Crippen LogP contribution is 2.39. The number of hydrogen-bond acceptors (Lipinski definition) is 9. The summed E-state index contributed by atoms with van der Waals surface area (Å²) in [7, 11) is 0. The first kappa shape index (κ1) is 23.8. The van der Waals surface area contributed by atoms with Crippen LogP contribution in [0, 0.1) is 22.7 Å². The van der Waals surface area contributed by atoms with Crippen LogP contribution in [0.5, 0.6) is 0 Å². The van der Waals surface area contributed by atoms with Gasteiger partial charge in [-0.1, -0.05) is 11.6 Å². The predicted octanol–water partition coefficient (Wildman–Crippen LogP) is 2.89. The van der Waals surface area contributed by atoms with Crippen LogP contribution in [-0.2, 0) is 4.79 Å². The van der Waals surface area contributed by atoms with Crippen molar-refractivity contribution < 1.29 is 4.79 Å². The van der Waals surface area contributed by atoms with Crippen molar-refractivity contribution in [2.24, 2.45) is 5.73 Å². The Morgan fingerprint density at radius 2 is 1.97 bits per heavy atom. The van der Waals surface area contributed by atoms with Gasteiger partial charge in [-0.15, -0.1) is 5.10 Å². The number of anilines is 3. The van der Waals surface area contributed by atoms with E-state index in [4.69, 9.17) is 17.3 Å². The molecule has 3 heterocycles. The lowest BCUT2D eigenvalue weighted by molar-refractivity contribution is -0.123. The number of likely N-dealkylation sites (tertiary alicyclic amines) is 1. The smallest absolute Gasteiger partial charge is 0.247 e. The lowest BCUT2D eigenvalue weighted by Crippen LogP contribution is -2.46. The standard InChI is InChI=1S/C24H25ClN10O/c1-13(21(28)36)34-6-4-15(5-7-34)18-8-14(10-26)9-19(20(18)25)31-24-32-22(30-16-2-3-16)23-29-12-17(11-27)35(23)33-24/h8-9,12-13,15-16H,2-7H2,1H3,(H2,28,36)(H2,30,31,32,33). The number of imidazole rings is 1. The number of nitrogens with zero attached hydrogens (tertiary/aromatic N) is 7. The Hall–Kier alpha value is -3.93. The zero-order valence-electron chi connectivity index (χ0n) is 19.7. The van der Waals surface area contributed by atoms with Crippen LogP contribution in [0.2, 0.25) is 5.02 Å². The summed E-state index contributed by atoms with van der Waals surface area (Å²) in [6.07, 6.45) is 5.11. The number of halogens is 1. The van der Waals surface area contributed by atoms with Gasteiger partial charge in [0.2, 0.25) is 11.9 Å². The number of primary amides is 1. The maximum absolute atomic E-state index is 11.6. The van der Waals surface area contributed by atoms with Crippen LogP contribution in [0.1, 0.15) is 55.3 Å². The number of fused-ring (bicyclic) bond motifs is 1. The molecular weight excluding hydrogens is 480 g/mol. The minimum atomic E-state index is -0.339. The first-order valence-electron chi connectivity index (χ1n) is 11.8. The number of rotatable bonds is 7. The van der Waals surface area contributed by atoms with Crippen LogP contribution in [0.4, 0.5) is 17.5 Å². The number of nitriles is 2. The number of carbonyl (C=O) groups excluding carboxylic acids is 1. The Kier molecular flexibility index (Phi) is 6.35. The maximum atomic E-state index is 11.6. The molecule has 1 saturated carbocycles. The van der Waals surface area contributed by atoms with Gasteiger partial charge in [-0.05, 0) is 69.3 Å². The third-order valence-corrected chi connectivity index (χ3v) is 7.22. The number of nitrogens with two attached hydrogens (primary N) is 1. The highest BCUT2D eigenvalue weighted by Gasteiger charge is 2.29. The summed E-state index contributed by atoms with van der Waals surface area (Å²) in [5, 5.41) is 30.6. The second-order valence-corrected chi connectivity index (χ2v) is 9.62. The number of hydrogen-bond donors (Lipinski definition) is 3. The van der Waals surface area contributed by atoms with Crippen molar-refractivity contribution >= 4 is 40.6 Å². The summed E-state index contributed by atoms with van der Waals surface area (Å²) in [6, 6.07) is 7.78. The van der Waals surface area contributed by atoms with Crippen molar-refractivity contribution in [1.29, 1.82) is 10.5 Å². The van der Waals surface area contributed by atoms with E-state index in [9.17, 15) is 15.3 Å². The lowest BCUT2D eigenvalue weighted by Gasteiger charge is -2.35. The van der Waals surface area contributed by atoms with Crippen molar-refractivity contribution in [1.82, 2.24) is 24.5 Å². The number of carbonyl (C=O) groups is 1. The summed E-state index contributed by atoms with van der Waals surface area (Å²) in [4.78, 5) is 22.5. The van der Waals surface area contributed by atoms with Gasteiger partial charge >= 0.3 is 0 Å². The van der Waals surface area contributed by atoms with Crippen LogP contribution < -0.4 is 16.4 Å². The molecule has 1 amide bonds. The van der Waals surface area contributed by atoms with Crippen molar-refractivity contribution in [2.45, 2.75) is 50.6 Å². The van der Waals surface area contributed by atoms with Crippen LogP contribution in [0.3, 0.4) is 0 Å². The molecule has 1 aliphatic heterocycles. The lowest BCUT2D eigenvalue weighted by atomic mass is 9.87. The van der Waals surface area contributed by atoms with Crippen LogP contribution in [0.25, 0.3) is 5.65 Å². The third-order valence-electron chi connectivity index (χ3n) is 6.80. The first-order valence-corrected chi connectivity index (χ1v) is 12.2. The van der Waals surface area contributed by atoms with Gasteiger partial charge in [0.25, 0.3) is 0 Å². The minimum absolute atomic E-state index is 0.122. The van der Waals surface area contributed by atoms with Crippen molar-refractivity contribution in [3.63, 3.8) is 0 Å². The molecule has 1 unspecified atom stereocenters. The van der Waals surface area contributed by atoms with Gasteiger partial charge in [-0.2, -0.15) is 20.0 Å². The molecule has 36 heavy (non-hydrogen) atoms. The SMILES string of the molecule is CC(C(N)=O)N1CCC(c2cc(C#N)cc(Nc3nc(NC4CC4)c4ncc(C#N)n4n3)c2Cl)CC1. The molecule has 184 valence electrons.